The van der Waals surface area contributed by atoms with E-state index in [2.05, 4.69) is 5.32 Å². The summed E-state index contributed by atoms with van der Waals surface area (Å²) in [5.41, 5.74) is 1.90. The Hall–Kier alpha value is -2.27. The van der Waals surface area contributed by atoms with Crippen molar-refractivity contribution < 1.29 is 10.0 Å². The number of aromatic hydroxyl groups is 1. The van der Waals surface area contributed by atoms with Crippen LogP contribution in [0.5, 0.6) is 5.75 Å². The fourth-order valence-corrected chi connectivity index (χ4v) is 2.00. The summed E-state index contributed by atoms with van der Waals surface area (Å²) in [5, 5.41) is 24.0. The molecule has 0 spiro atoms. The van der Waals surface area contributed by atoms with Gasteiger partial charge in [-0.2, -0.15) is 0 Å². The first kappa shape index (κ1) is 14.1. The highest BCUT2D eigenvalue weighted by Crippen LogP contribution is 2.28. The molecule has 0 amide bonds. The van der Waals surface area contributed by atoms with E-state index >= 15 is 0 Å². The minimum absolute atomic E-state index is 0.0367. The van der Waals surface area contributed by atoms with Gasteiger partial charge < -0.3 is 10.4 Å². The maximum Gasteiger partial charge on any atom is 0.271 e. The van der Waals surface area contributed by atoms with Crippen LogP contribution < -0.4 is 5.32 Å². The highest BCUT2D eigenvalue weighted by atomic mass is 35.5. The molecule has 0 bridgehead atoms. The quantitative estimate of drug-likeness (QED) is 0.662. The minimum atomic E-state index is -0.481. The van der Waals surface area contributed by atoms with Crippen molar-refractivity contribution in [2.24, 2.45) is 0 Å². The van der Waals surface area contributed by atoms with E-state index in [0.717, 1.165) is 5.56 Å². The molecule has 0 saturated heterocycles. The normalized spacial score (nSPS) is 10.3. The summed E-state index contributed by atoms with van der Waals surface area (Å²) in [6.45, 7) is 2.13. The second kappa shape index (κ2) is 5.79. The third kappa shape index (κ3) is 3.00. The van der Waals surface area contributed by atoms with Crippen molar-refractivity contribution in [2.75, 3.05) is 5.32 Å². The van der Waals surface area contributed by atoms with Gasteiger partial charge in [0.2, 0.25) is 0 Å². The van der Waals surface area contributed by atoms with Gasteiger partial charge in [-0.15, -0.1) is 0 Å². The molecule has 2 aromatic rings. The minimum Gasteiger partial charge on any atom is -0.507 e. The number of benzene rings is 2. The van der Waals surface area contributed by atoms with E-state index in [1.165, 1.54) is 18.2 Å². The molecule has 2 aromatic carbocycles. The lowest BCUT2D eigenvalue weighted by atomic mass is 10.1. The van der Waals surface area contributed by atoms with Crippen LogP contribution in [0.2, 0.25) is 5.02 Å². The molecule has 2 rings (SSSR count). The molecule has 0 atom stereocenters. The second-order valence-electron chi connectivity index (χ2n) is 4.36. The molecule has 0 aliphatic rings. The number of nitro groups is 1. The number of anilines is 1. The molecule has 6 heteroatoms. The number of hydrogen-bond donors (Lipinski definition) is 2. The van der Waals surface area contributed by atoms with Gasteiger partial charge in [-0.05, 0) is 18.6 Å². The molecule has 0 fully saturated rings. The first-order chi connectivity index (χ1) is 9.49. The Labute approximate surface area is 121 Å². The number of phenolic OH excluding ortho intramolecular Hbond substituents is 1. The standard InChI is InChI=1S/C14H13ClN2O3/c1-9-3-2-4-10(14(9)18)8-16-13-7-11(17(19)20)5-6-12(13)15/h2-7,16,18H,8H2,1H3. The van der Waals surface area contributed by atoms with Crippen LogP contribution in [0.3, 0.4) is 0 Å². The van der Waals surface area contributed by atoms with E-state index in [-0.39, 0.29) is 11.4 Å². The number of nitrogens with one attached hydrogen (secondary N) is 1. The van der Waals surface area contributed by atoms with Gasteiger partial charge in [-0.25, -0.2) is 0 Å². The fraction of sp³-hybridized carbons (Fsp3) is 0.143. The number of halogens is 1. The van der Waals surface area contributed by atoms with Crippen LogP contribution in [0.4, 0.5) is 11.4 Å². The Bertz CT molecular complexity index is 659. The Morgan fingerprint density at radius 1 is 1.35 bits per heavy atom. The first-order valence-corrected chi connectivity index (χ1v) is 6.32. The summed E-state index contributed by atoms with van der Waals surface area (Å²) in [5.74, 6) is 0.210. The smallest absolute Gasteiger partial charge is 0.271 e. The summed E-state index contributed by atoms with van der Waals surface area (Å²) in [7, 11) is 0. The van der Waals surface area contributed by atoms with E-state index in [9.17, 15) is 15.2 Å². The Balaban J connectivity index is 2.20. The number of phenols is 1. The van der Waals surface area contributed by atoms with Crippen LogP contribution in [-0.4, -0.2) is 10.0 Å². The van der Waals surface area contributed by atoms with E-state index in [1.54, 1.807) is 19.1 Å². The Kier molecular flexibility index (Phi) is 4.10. The maximum atomic E-state index is 10.7. The van der Waals surface area contributed by atoms with Crippen LogP contribution in [0.1, 0.15) is 11.1 Å². The topological polar surface area (TPSA) is 75.4 Å². The van der Waals surface area contributed by atoms with Crippen molar-refractivity contribution in [3.63, 3.8) is 0 Å². The van der Waals surface area contributed by atoms with Gasteiger partial charge in [-0.3, -0.25) is 10.1 Å². The van der Waals surface area contributed by atoms with Gasteiger partial charge >= 0.3 is 0 Å². The van der Waals surface area contributed by atoms with Crippen molar-refractivity contribution in [2.45, 2.75) is 13.5 Å². The van der Waals surface area contributed by atoms with Crippen molar-refractivity contribution in [1.82, 2.24) is 0 Å². The van der Waals surface area contributed by atoms with Crippen LogP contribution >= 0.6 is 11.6 Å². The maximum absolute atomic E-state index is 10.7. The van der Waals surface area contributed by atoms with Gasteiger partial charge in [0, 0.05) is 24.2 Å². The van der Waals surface area contributed by atoms with E-state index in [0.29, 0.717) is 22.8 Å². The zero-order valence-electron chi connectivity index (χ0n) is 10.8. The van der Waals surface area contributed by atoms with E-state index < -0.39 is 4.92 Å². The number of rotatable bonds is 4. The predicted octanol–water partition coefficient (Wildman–Crippen LogP) is 3.87. The Morgan fingerprint density at radius 3 is 2.80 bits per heavy atom. The van der Waals surface area contributed by atoms with Crippen molar-refractivity contribution >= 4 is 23.0 Å². The molecule has 0 aromatic heterocycles. The van der Waals surface area contributed by atoms with Crippen LogP contribution in [-0.2, 0) is 6.54 Å². The number of nitro benzene ring substituents is 1. The molecule has 0 saturated carbocycles. The van der Waals surface area contributed by atoms with E-state index in [4.69, 9.17) is 11.6 Å². The number of nitrogens with zero attached hydrogens (tertiary/aromatic N) is 1. The molecular weight excluding hydrogens is 280 g/mol. The number of para-hydroxylation sites is 1. The molecule has 20 heavy (non-hydrogen) atoms. The van der Waals surface area contributed by atoms with Gasteiger partial charge in [0.05, 0.1) is 15.6 Å². The van der Waals surface area contributed by atoms with E-state index in [1.807, 2.05) is 6.07 Å². The molecular formula is C14H13ClN2O3. The van der Waals surface area contributed by atoms with Gasteiger partial charge in [0.1, 0.15) is 5.75 Å². The van der Waals surface area contributed by atoms with Gasteiger partial charge in [0.25, 0.3) is 5.69 Å². The SMILES string of the molecule is Cc1cccc(CNc2cc([N+](=O)[O-])ccc2Cl)c1O. The van der Waals surface area contributed by atoms with Crippen LogP contribution in [0.25, 0.3) is 0 Å². The molecule has 5 nitrogen and oxygen atoms in total. The summed E-state index contributed by atoms with van der Waals surface area (Å²) < 4.78 is 0. The fourth-order valence-electron chi connectivity index (χ4n) is 1.82. The molecule has 0 unspecified atom stereocenters. The summed E-state index contributed by atoms with van der Waals surface area (Å²) in [6.07, 6.45) is 0. The number of non-ortho nitro benzene ring substituents is 1. The monoisotopic (exact) mass is 292 g/mol. The summed E-state index contributed by atoms with van der Waals surface area (Å²) >= 11 is 5.99. The molecule has 0 aliphatic heterocycles. The number of hydrogen-bond acceptors (Lipinski definition) is 4. The zero-order valence-corrected chi connectivity index (χ0v) is 11.5. The van der Waals surface area contributed by atoms with Crippen molar-refractivity contribution in [3.8, 4) is 5.75 Å². The Morgan fingerprint density at radius 2 is 2.10 bits per heavy atom. The lowest BCUT2D eigenvalue weighted by Gasteiger charge is -2.10. The average molecular weight is 293 g/mol. The largest absolute Gasteiger partial charge is 0.507 e. The van der Waals surface area contributed by atoms with Gasteiger partial charge in [0.15, 0.2) is 0 Å². The number of aryl methyl sites for hydroxylation is 1. The summed E-state index contributed by atoms with van der Waals surface area (Å²) in [6, 6.07) is 9.60. The van der Waals surface area contributed by atoms with Crippen molar-refractivity contribution in [3.05, 3.63) is 62.7 Å². The molecule has 0 heterocycles. The lowest BCUT2D eigenvalue weighted by Crippen LogP contribution is -2.01. The van der Waals surface area contributed by atoms with Gasteiger partial charge in [-0.1, -0.05) is 29.8 Å². The van der Waals surface area contributed by atoms with Crippen molar-refractivity contribution in [1.29, 1.82) is 0 Å². The highest BCUT2D eigenvalue weighted by Gasteiger charge is 2.10. The predicted molar refractivity (Wildman–Crippen MR) is 78.3 cm³/mol. The molecule has 104 valence electrons. The molecule has 2 N–H and O–H groups in total. The summed E-state index contributed by atoms with van der Waals surface area (Å²) in [4.78, 5) is 10.3. The molecule has 0 radical (unpaired) electrons. The third-order valence-electron chi connectivity index (χ3n) is 2.95. The van der Waals surface area contributed by atoms with Crippen LogP contribution in [0, 0.1) is 17.0 Å². The average Bonchev–Trinajstić information content (AvgIpc) is 2.41. The molecule has 0 aliphatic carbocycles. The third-order valence-corrected chi connectivity index (χ3v) is 3.28. The second-order valence-corrected chi connectivity index (χ2v) is 4.76. The zero-order chi connectivity index (χ0) is 14.7. The lowest BCUT2D eigenvalue weighted by molar-refractivity contribution is -0.384. The first-order valence-electron chi connectivity index (χ1n) is 5.94. The van der Waals surface area contributed by atoms with Crippen LogP contribution in [0.15, 0.2) is 36.4 Å². The highest BCUT2D eigenvalue weighted by molar-refractivity contribution is 6.33.